The van der Waals surface area contributed by atoms with Crippen LogP contribution in [0.2, 0.25) is 0 Å². The summed E-state index contributed by atoms with van der Waals surface area (Å²) < 4.78 is 4.70. The van der Waals surface area contributed by atoms with Gasteiger partial charge in [0.25, 0.3) is 5.56 Å². The van der Waals surface area contributed by atoms with E-state index in [-0.39, 0.29) is 29.8 Å². The second kappa shape index (κ2) is 9.14. The molecular formula is C24H33N5O3. The number of aromatic nitrogens is 4. The number of imidazole rings is 1. The molecule has 0 saturated carbocycles. The van der Waals surface area contributed by atoms with Gasteiger partial charge in [-0.1, -0.05) is 58.0 Å². The molecular weight excluding hydrogens is 406 g/mol. The molecule has 32 heavy (non-hydrogen) atoms. The first-order valence-electron chi connectivity index (χ1n) is 11.0. The monoisotopic (exact) mass is 439 g/mol. The van der Waals surface area contributed by atoms with Gasteiger partial charge in [0.2, 0.25) is 5.91 Å². The van der Waals surface area contributed by atoms with Crippen molar-refractivity contribution in [2.45, 2.75) is 65.6 Å². The molecule has 0 aliphatic rings. The molecule has 0 unspecified atom stereocenters. The first-order valence-corrected chi connectivity index (χ1v) is 11.0. The van der Waals surface area contributed by atoms with Crippen LogP contribution in [0.25, 0.3) is 11.2 Å². The molecule has 0 fully saturated rings. The minimum atomic E-state index is -0.416. The topological polar surface area (TPSA) is 82.1 Å². The lowest BCUT2D eigenvalue weighted by molar-refractivity contribution is -0.128. The molecule has 2 aromatic heterocycles. The van der Waals surface area contributed by atoms with Crippen LogP contribution < -0.4 is 11.2 Å². The molecule has 3 aromatic rings. The lowest BCUT2D eigenvalue weighted by atomic mass is 9.95. The molecule has 0 aliphatic carbocycles. The third-order valence-corrected chi connectivity index (χ3v) is 5.46. The van der Waals surface area contributed by atoms with E-state index in [4.69, 9.17) is 4.98 Å². The van der Waals surface area contributed by atoms with Gasteiger partial charge in [-0.3, -0.25) is 18.7 Å². The highest BCUT2D eigenvalue weighted by molar-refractivity contribution is 5.76. The fraction of sp³-hybridized carbons (Fsp3) is 0.500. The second-order valence-electron chi connectivity index (χ2n) is 9.36. The third-order valence-electron chi connectivity index (χ3n) is 5.46. The number of hydrogen-bond donors (Lipinski definition) is 0. The van der Waals surface area contributed by atoms with Crippen LogP contribution in [0.3, 0.4) is 0 Å². The van der Waals surface area contributed by atoms with Crippen molar-refractivity contribution in [3.8, 4) is 0 Å². The van der Waals surface area contributed by atoms with Crippen molar-refractivity contribution < 1.29 is 4.79 Å². The number of nitrogens with zero attached hydrogens (tertiary/aromatic N) is 5. The molecule has 2 heterocycles. The summed E-state index contributed by atoms with van der Waals surface area (Å²) in [6.45, 7) is 9.01. The van der Waals surface area contributed by atoms with Crippen LogP contribution in [-0.2, 0) is 29.8 Å². The lowest BCUT2D eigenvalue weighted by Crippen LogP contribution is -2.41. The minimum absolute atomic E-state index is 0.0851. The highest BCUT2D eigenvalue weighted by atomic mass is 16.2. The van der Waals surface area contributed by atoms with Crippen LogP contribution in [0.15, 0.2) is 39.9 Å². The molecule has 8 heteroatoms. The molecule has 1 amide bonds. The van der Waals surface area contributed by atoms with Crippen LogP contribution in [0, 0.1) is 0 Å². The van der Waals surface area contributed by atoms with Crippen molar-refractivity contribution >= 4 is 17.1 Å². The number of fused-ring (bicyclic) bond motifs is 1. The molecule has 0 radical (unpaired) electrons. The van der Waals surface area contributed by atoms with Crippen LogP contribution in [0.1, 0.15) is 51.9 Å². The van der Waals surface area contributed by atoms with E-state index in [9.17, 15) is 14.4 Å². The molecule has 0 aliphatic heterocycles. The standard InChI is InChI=1S/C24H33N5O3/c1-7-14-28-21(31)19-20(27(23(28)32)15-13-18(30)26(5)6)25-22(24(2,3)4)29(19)16-17-11-9-8-10-12-17/h8-12H,7,13-16H2,1-6H3. The maximum atomic E-state index is 13.5. The smallest absolute Gasteiger partial charge is 0.332 e. The van der Waals surface area contributed by atoms with Gasteiger partial charge in [-0.15, -0.1) is 0 Å². The van der Waals surface area contributed by atoms with Crippen molar-refractivity contribution in [1.82, 2.24) is 23.6 Å². The summed E-state index contributed by atoms with van der Waals surface area (Å²) in [5.74, 6) is 0.646. The summed E-state index contributed by atoms with van der Waals surface area (Å²) in [5, 5.41) is 0. The van der Waals surface area contributed by atoms with Crippen molar-refractivity contribution in [2.24, 2.45) is 0 Å². The van der Waals surface area contributed by atoms with Gasteiger partial charge in [-0.05, 0) is 12.0 Å². The summed E-state index contributed by atoms with van der Waals surface area (Å²) in [7, 11) is 3.37. The normalized spacial score (nSPS) is 11.8. The fourth-order valence-corrected chi connectivity index (χ4v) is 3.84. The molecule has 0 atom stereocenters. The zero-order chi connectivity index (χ0) is 23.6. The summed E-state index contributed by atoms with van der Waals surface area (Å²) in [6, 6.07) is 9.89. The quantitative estimate of drug-likeness (QED) is 0.567. The second-order valence-corrected chi connectivity index (χ2v) is 9.36. The first-order chi connectivity index (χ1) is 15.1. The molecule has 0 bridgehead atoms. The summed E-state index contributed by atoms with van der Waals surface area (Å²) in [6.07, 6.45) is 0.805. The Morgan fingerprint density at radius 3 is 2.22 bits per heavy atom. The van der Waals surface area contributed by atoms with Gasteiger partial charge in [-0.2, -0.15) is 0 Å². The van der Waals surface area contributed by atoms with Gasteiger partial charge in [-0.25, -0.2) is 9.78 Å². The minimum Gasteiger partial charge on any atom is -0.349 e. The van der Waals surface area contributed by atoms with E-state index in [0.29, 0.717) is 30.7 Å². The average Bonchev–Trinajstić information content (AvgIpc) is 3.11. The summed E-state index contributed by atoms with van der Waals surface area (Å²) >= 11 is 0. The highest BCUT2D eigenvalue weighted by Gasteiger charge is 2.28. The van der Waals surface area contributed by atoms with Gasteiger partial charge in [0.05, 0.1) is 0 Å². The number of hydrogen-bond acceptors (Lipinski definition) is 4. The fourth-order valence-electron chi connectivity index (χ4n) is 3.84. The highest BCUT2D eigenvalue weighted by Crippen LogP contribution is 2.26. The molecule has 8 nitrogen and oxygen atoms in total. The average molecular weight is 440 g/mol. The van der Waals surface area contributed by atoms with Crippen molar-refractivity contribution in [3.63, 3.8) is 0 Å². The van der Waals surface area contributed by atoms with E-state index in [2.05, 4.69) is 0 Å². The Balaban J connectivity index is 2.32. The van der Waals surface area contributed by atoms with Gasteiger partial charge in [0, 0.05) is 45.6 Å². The molecule has 3 rings (SSSR count). The summed E-state index contributed by atoms with van der Waals surface area (Å²) in [5.41, 5.74) is 0.695. The van der Waals surface area contributed by atoms with Crippen molar-refractivity contribution in [1.29, 1.82) is 0 Å². The molecule has 172 valence electrons. The Hall–Kier alpha value is -3.16. The van der Waals surface area contributed by atoms with Crippen molar-refractivity contribution in [2.75, 3.05) is 14.1 Å². The van der Waals surface area contributed by atoms with Gasteiger partial charge < -0.3 is 9.47 Å². The first kappa shape index (κ1) is 23.5. The number of carbonyl (C=O) groups excluding carboxylic acids is 1. The predicted octanol–water partition coefficient (Wildman–Crippen LogP) is 2.59. The number of amides is 1. The van der Waals surface area contributed by atoms with E-state index in [1.807, 2.05) is 62.6 Å². The number of rotatable bonds is 7. The molecule has 0 N–H and O–H groups in total. The lowest BCUT2D eigenvalue weighted by Gasteiger charge is -2.20. The largest absolute Gasteiger partial charge is 0.349 e. The Morgan fingerprint density at radius 2 is 1.66 bits per heavy atom. The van der Waals surface area contributed by atoms with Gasteiger partial charge in [0.15, 0.2) is 11.2 Å². The van der Waals surface area contributed by atoms with Crippen LogP contribution in [0.5, 0.6) is 0 Å². The summed E-state index contributed by atoms with van der Waals surface area (Å²) in [4.78, 5) is 45.3. The maximum Gasteiger partial charge on any atom is 0.332 e. The zero-order valence-corrected chi connectivity index (χ0v) is 19.9. The molecule has 0 spiro atoms. The Bertz CT molecular complexity index is 1230. The third kappa shape index (κ3) is 4.54. The van der Waals surface area contributed by atoms with Gasteiger partial charge >= 0.3 is 5.69 Å². The van der Waals surface area contributed by atoms with E-state index in [1.54, 1.807) is 14.1 Å². The van der Waals surface area contributed by atoms with Crippen LogP contribution in [0.4, 0.5) is 0 Å². The number of benzene rings is 1. The van der Waals surface area contributed by atoms with Gasteiger partial charge in [0.1, 0.15) is 5.82 Å². The maximum absolute atomic E-state index is 13.5. The van der Waals surface area contributed by atoms with Crippen LogP contribution in [-0.4, -0.2) is 43.6 Å². The van der Waals surface area contributed by atoms with E-state index < -0.39 is 5.69 Å². The SMILES string of the molecule is CCCn1c(=O)c2c(nc(C(C)(C)C)n2Cc2ccccc2)n(CCC(=O)N(C)C)c1=O. The van der Waals surface area contributed by atoms with E-state index in [1.165, 1.54) is 14.0 Å². The van der Waals surface area contributed by atoms with Crippen LogP contribution >= 0.6 is 0 Å². The Kier molecular flexibility index (Phi) is 6.71. The molecule has 1 aromatic carbocycles. The zero-order valence-electron chi connectivity index (χ0n) is 19.9. The Morgan fingerprint density at radius 1 is 1.00 bits per heavy atom. The number of aryl methyl sites for hydroxylation is 1. The van der Waals surface area contributed by atoms with Crippen molar-refractivity contribution in [3.05, 3.63) is 62.6 Å². The van der Waals surface area contributed by atoms with E-state index in [0.717, 1.165) is 11.4 Å². The van der Waals surface area contributed by atoms with E-state index >= 15 is 0 Å². The molecule has 0 saturated heterocycles. The predicted molar refractivity (Wildman–Crippen MR) is 126 cm³/mol. The Labute approximate surface area is 188 Å². The number of carbonyl (C=O) groups is 1.